The van der Waals surface area contributed by atoms with E-state index >= 15 is 0 Å². The molecule has 0 fully saturated rings. The van der Waals surface area contributed by atoms with Crippen LogP contribution in [0.5, 0.6) is 11.5 Å². The Morgan fingerprint density at radius 1 is 0.745 bits per heavy atom. The molecule has 0 saturated heterocycles. The quantitative estimate of drug-likeness (QED) is 0.0520. The van der Waals surface area contributed by atoms with E-state index in [1.165, 1.54) is 31.4 Å². The van der Waals surface area contributed by atoms with Crippen LogP contribution in [0.3, 0.4) is 0 Å². The van der Waals surface area contributed by atoms with Gasteiger partial charge < -0.3 is 20.5 Å². The number of hydrogen-bond acceptors (Lipinski definition) is 9. The normalized spacial score (nSPS) is 11.0. The number of anilines is 4. The minimum atomic E-state index is -4.21. The van der Waals surface area contributed by atoms with Crippen molar-refractivity contribution in [1.82, 2.24) is 0 Å². The number of benzene rings is 5. The van der Waals surface area contributed by atoms with E-state index in [4.69, 9.17) is 27.9 Å². The fraction of sp³-hybridized carbons (Fsp3) is 0.0312. The number of carbonyl (C=O) groups excluding carboxylic acids is 1. The molecule has 5 aromatic carbocycles. The van der Waals surface area contributed by atoms with E-state index in [0.717, 1.165) is 12.1 Å². The van der Waals surface area contributed by atoms with Crippen LogP contribution in [0.1, 0.15) is 0 Å². The number of urea groups is 1. The highest BCUT2D eigenvalue weighted by atomic mass is 79.9. The zero-order valence-electron chi connectivity index (χ0n) is 26.0. The summed E-state index contributed by atoms with van der Waals surface area (Å²) in [6.45, 7) is 0. The van der Waals surface area contributed by atoms with Crippen LogP contribution in [0.4, 0.5) is 33.2 Å². The second-order valence-corrected chi connectivity index (χ2v) is 14.8. The first-order valence-electron chi connectivity index (χ1n) is 14.1. The van der Waals surface area contributed by atoms with Gasteiger partial charge in [-0.25, -0.2) is 21.6 Å². The Bertz CT molecular complexity index is 2290. The van der Waals surface area contributed by atoms with Crippen molar-refractivity contribution in [3.8, 4) is 11.5 Å². The molecule has 0 aliphatic rings. The number of rotatable bonds is 10. The van der Waals surface area contributed by atoms with Crippen molar-refractivity contribution in [3.63, 3.8) is 0 Å². The number of nitrogens with one attached hydrogen (secondary N) is 4. The molecule has 19 heteroatoms. The lowest BCUT2D eigenvalue weighted by molar-refractivity contribution is -0.384. The van der Waals surface area contributed by atoms with Gasteiger partial charge in [-0.15, -0.1) is 0 Å². The van der Waals surface area contributed by atoms with E-state index < -0.39 is 57.3 Å². The zero-order valence-corrected chi connectivity index (χ0v) is 30.7. The second kappa shape index (κ2) is 16.8. The molecule has 0 saturated carbocycles. The SMILES string of the molecule is COc1ccc(NC(=O)Nc2ccccc2Br)c(O)c1S(=O)(=O)Nc1ccccc1.O=[N+]([O-])c1ccc(Cl)c(S(=O)(=O)Nc2ccccc2)c1Cl. The van der Waals surface area contributed by atoms with E-state index in [1.807, 2.05) is 0 Å². The Labute approximate surface area is 310 Å². The molecule has 14 nitrogen and oxygen atoms in total. The van der Waals surface area contributed by atoms with Crippen molar-refractivity contribution in [2.45, 2.75) is 9.79 Å². The van der Waals surface area contributed by atoms with Crippen molar-refractivity contribution in [2.75, 3.05) is 27.2 Å². The van der Waals surface area contributed by atoms with Crippen molar-refractivity contribution in [1.29, 1.82) is 0 Å². The Morgan fingerprint density at radius 3 is 1.78 bits per heavy atom. The Balaban J connectivity index is 0.000000244. The van der Waals surface area contributed by atoms with Crippen LogP contribution in [-0.4, -0.2) is 40.0 Å². The summed E-state index contributed by atoms with van der Waals surface area (Å²) >= 11 is 15.0. The van der Waals surface area contributed by atoms with E-state index in [1.54, 1.807) is 72.8 Å². The number of nitrogens with zero attached hydrogens (tertiary/aromatic N) is 1. The molecule has 51 heavy (non-hydrogen) atoms. The third-order valence-corrected chi connectivity index (χ3v) is 11.0. The van der Waals surface area contributed by atoms with Gasteiger partial charge in [-0.3, -0.25) is 19.6 Å². The van der Waals surface area contributed by atoms with Crippen molar-refractivity contribution in [2.24, 2.45) is 0 Å². The molecule has 0 aliphatic heterocycles. The topological polar surface area (TPSA) is 206 Å². The van der Waals surface area contributed by atoms with Crippen molar-refractivity contribution in [3.05, 3.63) is 134 Å². The summed E-state index contributed by atoms with van der Waals surface area (Å²) in [5.74, 6) is -0.729. The van der Waals surface area contributed by atoms with Gasteiger partial charge in [0.2, 0.25) is 0 Å². The summed E-state index contributed by atoms with van der Waals surface area (Å²) in [4.78, 5) is 21.4. The third-order valence-electron chi connectivity index (χ3n) is 6.50. The van der Waals surface area contributed by atoms with Gasteiger partial charge in [0, 0.05) is 21.9 Å². The van der Waals surface area contributed by atoms with Crippen LogP contribution in [0, 0.1) is 10.1 Å². The predicted octanol–water partition coefficient (Wildman–Crippen LogP) is 8.31. The minimum Gasteiger partial charge on any atom is -0.504 e. The maximum absolute atomic E-state index is 12.9. The van der Waals surface area contributed by atoms with Gasteiger partial charge in [0.1, 0.15) is 15.7 Å². The minimum absolute atomic E-state index is 0.0762. The highest BCUT2D eigenvalue weighted by Gasteiger charge is 2.29. The number of methoxy groups -OCH3 is 1. The third kappa shape index (κ3) is 9.80. The number of nitro benzene ring substituents is 1. The molecule has 0 aromatic heterocycles. The maximum Gasteiger partial charge on any atom is 0.323 e. The first-order valence-corrected chi connectivity index (χ1v) is 18.7. The van der Waals surface area contributed by atoms with E-state index in [2.05, 4.69) is 36.0 Å². The van der Waals surface area contributed by atoms with Gasteiger partial charge in [-0.05, 0) is 70.5 Å². The average molecular weight is 840 g/mol. The second-order valence-electron chi connectivity index (χ2n) is 9.96. The van der Waals surface area contributed by atoms with E-state index in [0.29, 0.717) is 15.8 Å². The standard InChI is InChI=1S/C20H18BrN3O5S.C12H8Cl2N2O4S/c1-29-17-12-11-16(23-20(26)22-15-10-6-5-9-14(15)21)18(25)19(17)30(27,28)24-13-7-3-2-4-8-13;13-9-6-7-10(16(17)18)11(14)12(9)21(19,20)15-8-4-2-1-3-5-8/h2-12,24-25H,1H3,(H2,22,23,26);1-7,15H. The van der Waals surface area contributed by atoms with Crippen LogP contribution < -0.4 is 24.8 Å². The fourth-order valence-electron chi connectivity index (χ4n) is 4.25. The van der Waals surface area contributed by atoms with E-state index in [9.17, 15) is 36.9 Å². The number of halogens is 3. The largest absolute Gasteiger partial charge is 0.504 e. The average Bonchev–Trinajstić information content (AvgIpc) is 3.07. The summed E-state index contributed by atoms with van der Waals surface area (Å²) in [7, 11) is -7.08. The summed E-state index contributed by atoms with van der Waals surface area (Å²) in [6, 6.07) is 27.4. The van der Waals surface area contributed by atoms with Gasteiger partial charge in [0.15, 0.2) is 10.6 Å². The molecule has 0 aliphatic carbocycles. The molecule has 0 bridgehead atoms. The monoisotopic (exact) mass is 837 g/mol. The number of carbonyl (C=O) groups is 1. The van der Waals surface area contributed by atoms with Crippen LogP contribution in [0.25, 0.3) is 0 Å². The molecule has 5 aromatic rings. The smallest absolute Gasteiger partial charge is 0.323 e. The van der Waals surface area contributed by atoms with Crippen LogP contribution in [0.15, 0.2) is 123 Å². The number of para-hydroxylation sites is 3. The Hall–Kier alpha value is -5.07. The molecule has 266 valence electrons. The molecule has 2 amide bonds. The number of aromatic hydroxyl groups is 1. The summed E-state index contributed by atoms with van der Waals surface area (Å²) < 4.78 is 60.8. The molecule has 0 radical (unpaired) electrons. The molecule has 0 heterocycles. The van der Waals surface area contributed by atoms with Crippen LogP contribution >= 0.6 is 39.1 Å². The van der Waals surface area contributed by atoms with Crippen LogP contribution in [-0.2, 0) is 20.0 Å². The number of ether oxygens (including phenoxy) is 1. The number of amides is 2. The van der Waals surface area contributed by atoms with Gasteiger partial charge >= 0.3 is 6.03 Å². The first kappa shape index (κ1) is 38.7. The van der Waals surface area contributed by atoms with Gasteiger partial charge in [-0.1, -0.05) is 71.7 Å². The number of nitro groups is 1. The van der Waals surface area contributed by atoms with E-state index in [-0.39, 0.29) is 22.1 Å². The summed E-state index contributed by atoms with van der Waals surface area (Å²) in [5, 5.41) is 25.8. The molecular weight excluding hydrogens is 813 g/mol. The molecule has 0 atom stereocenters. The lowest BCUT2D eigenvalue weighted by Gasteiger charge is -2.16. The van der Waals surface area contributed by atoms with Crippen molar-refractivity contribution < 1.29 is 36.4 Å². The molecule has 0 unspecified atom stereocenters. The number of sulfonamides is 2. The molecule has 5 rings (SSSR count). The Kier molecular flexibility index (Phi) is 12.7. The highest BCUT2D eigenvalue weighted by Crippen LogP contribution is 2.40. The maximum atomic E-state index is 12.9. The molecular formula is C32H26BrCl2N5O9S2. The molecule has 0 spiro atoms. The molecule has 5 N–H and O–H groups in total. The first-order chi connectivity index (χ1) is 24.1. The summed E-state index contributed by atoms with van der Waals surface area (Å²) in [5.41, 5.74) is 0.463. The van der Waals surface area contributed by atoms with Crippen molar-refractivity contribution >= 4 is 93.6 Å². The van der Waals surface area contributed by atoms with Gasteiger partial charge in [-0.2, -0.15) is 0 Å². The number of phenolic OH excluding ortho intramolecular Hbond substituents is 1. The highest BCUT2D eigenvalue weighted by molar-refractivity contribution is 9.10. The van der Waals surface area contributed by atoms with Gasteiger partial charge in [0.25, 0.3) is 25.7 Å². The van der Waals surface area contributed by atoms with Crippen LogP contribution in [0.2, 0.25) is 10.0 Å². The number of hydrogen-bond donors (Lipinski definition) is 5. The fourth-order valence-corrected chi connectivity index (χ4v) is 8.22. The van der Waals surface area contributed by atoms with Gasteiger partial charge in [0.05, 0.1) is 28.4 Å². The lowest BCUT2D eigenvalue weighted by atomic mass is 10.2. The number of phenols is 1. The lowest BCUT2D eigenvalue weighted by Crippen LogP contribution is -2.20. The summed E-state index contributed by atoms with van der Waals surface area (Å²) in [6.07, 6.45) is 0. The Morgan fingerprint density at radius 2 is 1.25 bits per heavy atom. The predicted molar refractivity (Wildman–Crippen MR) is 199 cm³/mol. The zero-order chi connectivity index (χ0) is 37.3.